The molecule has 3 N–H and O–H groups in total. The first-order chi connectivity index (χ1) is 10.6. The third-order valence-electron chi connectivity index (χ3n) is 3.05. The lowest BCUT2D eigenvalue weighted by molar-refractivity contribution is -0.139. The van der Waals surface area contributed by atoms with E-state index in [1.165, 1.54) is 28.5 Å². The predicted octanol–water partition coefficient (Wildman–Crippen LogP) is 2.31. The molecule has 2 aromatic carbocycles. The van der Waals surface area contributed by atoms with E-state index in [0.717, 1.165) is 6.08 Å². The van der Waals surface area contributed by atoms with E-state index in [2.05, 4.69) is 12.0 Å². The van der Waals surface area contributed by atoms with Crippen molar-refractivity contribution in [1.29, 1.82) is 0 Å². The highest BCUT2D eigenvalue weighted by Crippen LogP contribution is 2.40. The molecule has 7 heteroatoms. The molecule has 0 bridgehead atoms. The molecule has 0 fully saturated rings. The molecule has 7 nitrogen and oxygen atoms in total. The maximum Gasteiger partial charge on any atom is 0.357 e. The van der Waals surface area contributed by atoms with E-state index in [0.29, 0.717) is 17.1 Å². The molecule has 1 aliphatic rings. The van der Waals surface area contributed by atoms with Crippen LogP contribution in [0.4, 0.5) is 17.1 Å². The molecule has 0 aliphatic carbocycles. The van der Waals surface area contributed by atoms with Crippen LogP contribution in [0.25, 0.3) is 0 Å². The molecule has 0 amide bonds. The van der Waals surface area contributed by atoms with Crippen molar-refractivity contribution in [3.8, 4) is 11.5 Å². The number of hydrogen-bond donors (Lipinski definition) is 3. The lowest BCUT2D eigenvalue weighted by atomic mass is 10.3. The van der Waals surface area contributed by atoms with Crippen LogP contribution >= 0.6 is 0 Å². The third-order valence-corrected chi connectivity index (χ3v) is 3.05. The fraction of sp³-hybridized carbons (Fsp3) is 0. The average Bonchev–Trinajstić information content (AvgIpc) is 2.86. The van der Waals surface area contributed by atoms with Crippen molar-refractivity contribution in [2.75, 3.05) is 15.7 Å². The van der Waals surface area contributed by atoms with Crippen LogP contribution in [-0.2, 0) is 9.63 Å². The molecule has 1 heterocycles. The second-order valence-corrected chi connectivity index (χ2v) is 4.50. The van der Waals surface area contributed by atoms with Gasteiger partial charge in [-0.15, -0.1) is 0 Å². The number of fused-ring (bicyclic) bond motifs is 1. The molecule has 112 valence electrons. The van der Waals surface area contributed by atoms with Crippen LogP contribution < -0.4 is 15.7 Å². The number of nitrogens with zero attached hydrogens (tertiary/aromatic N) is 2. The Hall–Kier alpha value is -3.35. The van der Waals surface area contributed by atoms with Crippen LogP contribution in [0.2, 0.25) is 0 Å². The summed E-state index contributed by atoms with van der Waals surface area (Å²) in [6.45, 7) is 3.36. The number of phenolic OH excluding ortho intramolecular Hbond substituents is 2. The number of phenols is 2. The largest absolute Gasteiger partial charge is 0.508 e. The fourth-order valence-electron chi connectivity index (χ4n) is 2.06. The number of carbonyl (C=O) groups is 1. The number of para-hydroxylation sites is 2. The van der Waals surface area contributed by atoms with E-state index in [4.69, 9.17) is 4.84 Å². The molecular formula is C15H13N3O4. The number of nitrogens with one attached hydrogen (secondary N) is 1. The van der Waals surface area contributed by atoms with Gasteiger partial charge in [-0.2, -0.15) is 5.12 Å². The quantitative estimate of drug-likeness (QED) is 0.750. The summed E-state index contributed by atoms with van der Waals surface area (Å²) >= 11 is 0. The van der Waals surface area contributed by atoms with Crippen LogP contribution in [-0.4, -0.2) is 16.2 Å². The summed E-state index contributed by atoms with van der Waals surface area (Å²) in [5.74, 6) is -0.908. The molecule has 0 spiro atoms. The zero-order valence-corrected chi connectivity index (χ0v) is 11.4. The van der Waals surface area contributed by atoms with Crippen LogP contribution in [0.5, 0.6) is 11.5 Å². The number of anilines is 3. The van der Waals surface area contributed by atoms with Gasteiger partial charge in [-0.05, 0) is 24.3 Å². The smallest absolute Gasteiger partial charge is 0.357 e. The molecule has 0 aromatic heterocycles. The molecular weight excluding hydrogens is 286 g/mol. The molecule has 0 radical (unpaired) electrons. The van der Waals surface area contributed by atoms with Crippen LogP contribution in [0.15, 0.2) is 55.1 Å². The van der Waals surface area contributed by atoms with Gasteiger partial charge in [-0.3, -0.25) is 5.43 Å². The van der Waals surface area contributed by atoms with Gasteiger partial charge >= 0.3 is 5.97 Å². The standard InChI is InChI=1S/C15H13N3O4/c1-2-15(21)22-18-12-6-4-3-5-11(12)16-17(18)13-8-7-10(19)9-14(13)20/h2-9,16,19-20H,1H2. The van der Waals surface area contributed by atoms with Gasteiger partial charge in [0.1, 0.15) is 22.9 Å². The Morgan fingerprint density at radius 1 is 1.18 bits per heavy atom. The summed E-state index contributed by atoms with van der Waals surface area (Å²) in [6.07, 6.45) is 1.04. The highest BCUT2D eigenvalue weighted by atomic mass is 16.8. The van der Waals surface area contributed by atoms with Crippen molar-refractivity contribution in [2.45, 2.75) is 0 Å². The van der Waals surface area contributed by atoms with Gasteiger partial charge in [0.15, 0.2) is 0 Å². The van der Waals surface area contributed by atoms with Crippen LogP contribution in [0, 0.1) is 0 Å². The van der Waals surface area contributed by atoms with Crippen molar-refractivity contribution in [3.63, 3.8) is 0 Å². The van der Waals surface area contributed by atoms with Gasteiger partial charge in [0.05, 0.1) is 5.69 Å². The SMILES string of the molecule is C=CC(=O)ON1c2ccccc2NN1c1ccc(O)cc1O. The highest BCUT2D eigenvalue weighted by molar-refractivity contribution is 5.86. The Labute approximate surface area is 126 Å². The van der Waals surface area contributed by atoms with Crippen molar-refractivity contribution >= 4 is 23.0 Å². The first kappa shape index (κ1) is 13.6. The molecule has 2 aromatic rings. The summed E-state index contributed by atoms with van der Waals surface area (Å²) in [5, 5.41) is 22.0. The number of carbonyl (C=O) groups excluding carboxylic acids is 1. The lowest BCUT2D eigenvalue weighted by Gasteiger charge is -2.28. The average molecular weight is 299 g/mol. The zero-order valence-electron chi connectivity index (χ0n) is 11.4. The molecule has 1 aliphatic heterocycles. The normalized spacial score (nSPS) is 12.5. The minimum atomic E-state index is -0.651. The fourth-order valence-corrected chi connectivity index (χ4v) is 2.06. The second kappa shape index (κ2) is 5.21. The number of rotatable bonds is 3. The van der Waals surface area contributed by atoms with E-state index in [-0.39, 0.29) is 11.5 Å². The van der Waals surface area contributed by atoms with E-state index < -0.39 is 5.97 Å². The van der Waals surface area contributed by atoms with Gasteiger partial charge in [-0.25, -0.2) is 4.79 Å². The molecule has 22 heavy (non-hydrogen) atoms. The highest BCUT2D eigenvalue weighted by Gasteiger charge is 2.31. The summed E-state index contributed by atoms with van der Waals surface area (Å²) in [7, 11) is 0. The van der Waals surface area contributed by atoms with Gasteiger partial charge in [0, 0.05) is 12.1 Å². The van der Waals surface area contributed by atoms with Crippen molar-refractivity contribution < 1.29 is 19.8 Å². The number of hydrazine groups is 2. The van der Waals surface area contributed by atoms with E-state index in [9.17, 15) is 15.0 Å². The Morgan fingerprint density at radius 2 is 1.95 bits per heavy atom. The van der Waals surface area contributed by atoms with E-state index in [1.807, 2.05) is 6.07 Å². The summed E-state index contributed by atoms with van der Waals surface area (Å²) in [6, 6.07) is 11.2. The maximum atomic E-state index is 11.6. The number of hydrogen-bond acceptors (Lipinski definition) is 7. The maximum absolute atomic E-state index is 11.6. The molecule has 0 saturated heterocycles. The topological polar surface area (TPSA) is 85.3 Å². The Bertz CT molecular complexity index is 747. The number of benzene rings is 2. The Balaban J connectivity index is 2.03. The Kier molecular flexibility index (Phi) is 3.23. The van der Waals surface area contributed by atoms with Crippen molar-refractivity contribution in [1.82, 2.24) is 0 Å². The number of aromatic hydroxyl groups is 2. The van der Waals surface area contributed by atoms with Gasteiger partial charge < -0.3 is 15.1 Å². The Morgan fingerprint density at radius 3 is 2.68 bits per heavy atom. The van der Waals surface area contributed by atoms with Gasteiger partial charge in [0.2, 0.25) is 0 Å². The lowest BCUT2D eigenvalue weighted by Crippen LogP contribution is -2.43. The summed E-state index contributed by atoms with van der Waals surface area (Å²) in [5.41, 5.74) is 4.57. The summed E-state index contributed by atoms with van der Waals surface area (Å²) < 4.78 is 0. The van der Waals surface area contributed by atoms with E-state index >= 15 is 0 Å². The molecule has 0 atom stereocenters. The molecule has 0 unspecified atom stereocenters. The van der Waals surface area contributed by atoms with Crippen LogP contribution in [0.1, 0.15) is 0 Å². The van der Waals surface area contributed by atoms with Gasteiger partial charge in [-0.1, -0.05) is 23.9 Å². The van der Waals surface area contributed by atoms with Gasteiger partial charge in [0.25, 0.3) is 0 Å². The third kappa shape index (κ3) is 2.24. The first-order valence-corrected chi connectivity index (χ1v) is 6.42. The minimum Gasteiger partial charge on any atom is -0.508 e. The van der Waals surface area contributed by atoms with Crippen molar-refractivity contribution in [3.05, 3.63) is 55.1 Å². The first-order valence-electron chi connectivity index (χ1n) is 6.42. The van der Waals surface area contributed by atoms with Crippen LogP contribution in [0.3, 0.4) is 0 Å². The zero-order chi connectivity index (χ0) is 15.7. The monoisotopic (exact) mass is 299 g/mol. The van der Waals surface area contributed by atoms with E-state index in [1.54, 1.807) is 18.2 Å². The predicted molar refractivity (Wildman–Crippen MR) is 81.1 cm³/mol. The van der Waals surface area contributed by atoms with Crippen molar-refractivity contribution in [2.24, 2.45) is 0 Å². The summed E-state index contributed by atoms with van der Waals surface area (Å²) in [4.78, 5) is 16.8. The molecule has 3 rings (SSSR count). The minimum absolute atomic E-state index is 0.0763. The second-order valence-electron chi connectivity index (χ2n) is 4.50. The molecule has 0 saturated carbocycles.